The van der Waals surface area contributed by atoms with Crippen LogP contribution in [-0.4, -0.2) is 45.5 Å². The molecule has 5 N–H and O–H groups in total. The largest absolute Gasteiger partial charge is 0.368 e. The van der Waals surface area contributed by atoms with E-state index in [1.807, 2.05) is 0 Å². The molecule has 1 aliphatic rings. The molecule has 0 saturated carbocycles. The highest BCUT2D eigenvalue weighted by Crippen LogP contribution is 2.08. The highest BCUT2D eigenvalue weighted by molar-refractivity contribution is 5.25. The van der Waals surface area contributed by atoms with Crippen LogP contribution < -0.4 is 16.8 Å². The van der Waals surface area contributed by atoms with Crippen molar-refractivity contribution in [3.8, 4) is 0 Å². The maximum atomic E-state index is 5.53. The molecule has 0 spiro atoms. The number of aromatic nitrogens is 3. The molecule has 1 aromatic heterocycles. The third kappa shape index (κ3) is 2.56. The van der Waals surface area contributed by atoms with E-state index >= 15 is 0 Å². The Morgan fingerprint density at radius 3 is 2.62 bits per heavy atom. The van der Waals surface area contributed by atoms with Crippen molar-refractivity contribution in [2.24, 2.45) is 0 Å². The Morgan fingerprint density at radius 1 is 1.31 bits per heavy atom. The topological polar surface area (TPSA) is 106 Å². The monoisotopic (exact) mass is 223 g/mol. The lowest BCUT2D eigenvalue weighted by Gasteiger charge is -2.33. The normalized spacial score (nSPS) is 22.2. The Morgan fingerprint density at radius 2 is 2.00 bits per heavy atom. The highest BCUT2D eigenvalue weighted by atomic mass is 15.2. The summed E-state index contributed by atoms with van der Waals surface area (Å²) in [6.45, 7) is 5.78. The predicted octanol–water partition coefficient (Wildman–Crippen LogP) is -1.17. The molecule has 0 amide bonds. The summed E-state index contributed by atoms with van der Waals surface area (Å²) in [6.07, 6.45) is 0. The molecular weight excluding hydrogens is 206 g/mol. The van der Waals surface area contributed by atoms with Crippen LogP contribution in [0.15, 0.2) is 0 Å². The van der Waals surface area contributed by atoms with Crippen molar-refractivity contribution in [1.29, 1.82) is 0 Å². The molecule has 1 saturated heterocycles. The fraction of sp³-hybridized carbons (Fsp3) is 0.667. The molecule has 2 rings (SSSR count). The summed E-state index contributed by atoms with van der Waals surface area (Å²) in [6, 6.07) is 0.466. The predicted molar refractivity (Wildman–Crippen MR) is 61.4 cm³/mol. The van der Waals surface area contributed by atoms with E-state index in [1.54, 1.807) is 0 Å². The Kier molecular flexibility index (Phi) is 3.16. The molecule has 7 nitrogen and oxygen atoms in total. The second-order valence-electron chi connectivity index (χ2n) is 3.99. The number of nitrogens with two attached hydrogens (primary N) is 2. The van der Waals surface area contributed by atoms with E-state index in [0.29, 0.717) is 18.4 Å². The van der Waals surface area contributed by atoms with Gasteiger partial charge < -0.3 is 16.8 Å². The molecule has 2 heterocycles. The van der Waals surface area contributed by atoms with Gasteiger partial charge in [-0.25, -0.2) is 0 Å². The quantitative estimate of drug-likeness (QED) is 0.580. The zero-order valence-electron chi connectivity index (χ0n) is 9.35. The average Bonchev–Trinajstić information content (AvgIpc) is 2.20. The zero-order valence-corrected chi connectivity index (χ0v) is 9.35. The fourth-order valence-corrected chi connectivity index (χ4v) is 1.83. The van der Waals surface area contributed by atoms with Crippen LogP contribution in [0.25, 0.3) is 0 Å². The van der Waals surface area contributed by atoms with E-state index < -0.39 is 0 Å². The van der Waals surface area contributed by atoms with Gasteiger partial charge in [-0.1, -0.05) is 0 Å². The summed E-state index contributed by atoms with van der Waals surface area (Å²) in [5, 5.41) is 3.33. The van der Waals surface area contributed by atoms with Crippen LogP contribution in [0, 0.1) is 0 Å². The first-order valence-corrected chi connectivity index (χ1v) is 5.36. The van der Waals surface area contributed by atoms with Crippen LogP contribution in [0.4, 0.5) is 11.9 Å². The summed E-state index contributed by atoms with van der Waals surface area (Å²) in [5.41, 5.74) is 11.1. The highest BCUT2D eigenvalue weighted by Gasteiger charge is 2.19. The van der Waals surface area contributed by atoms with Crippen molar-refractivity contribution in [3.05, 3.63) is 5.82 Å². The van der Waals surface area contributed by atoms with Crippen molar-refractivity contribution >= 4 is 11.9 Å². The zero-order chi connectivity index (χ0) is 11.5. The first-order valence-electron chi connectivity index (χ1n) is 5.36. The molecule has 0 bridgehead atoms. The molecule has 0 radical (unpaired) electrons. The summed E-state index contributed by atoms with van der Waals surface area (Å²) in [7, 11) is 0. The number of piperazine rings is 1. The average molecular weight is 223 g/mol. The van der Waals surface area contributed by atoms with E-state index in [0.717, 1.165) is 19.6 Å². The maximum absolute atomic E-state index is 5.53. The molecule has 1 atom stereocenters. The van der Waals surface area contributed by atoms with E-state index in [4.69, 9.17) is 11.5 Å². The van der Waals surface area contributed by atoms with E-state index in [2.05, 4.69) is 32.1 Å². The number of nitrogen functional groups attached to an aromatic ring is 2. The van der Waals surface area contributed by atoms with Crippen LogP contribution in [0.2, 0.25) is 0 Å². The molecule has 0 aromatic carbocycles. The number of hydrogen-bond acceptors (Lipinski definition) is 7. The number of hydrogen-bond donors (Lipinski definition) is 3. The number of anilines is 2. The van der Waals surface area contributed by atoms with Crippen LogP contribution >= 0.6 is 0 Å². The standard InChI is InChI=1S/C9H17N7/c1-6-4-12-2-3-16(6)5-7-13-8(10)15-9(11)14-7/h6,12H,2-5H2,1H3,(H4,10,11,13,14,15). The van der Waals surface area contributed by atoms with Gasteiger partial charge >= 0.3 is 0 Å². The van der Waals surface area contributed by atoms with Gasteiger partial charge in [0.2, 0.25) is 11.9 Å². The third-order valence-corrected chi connectivity index (χ3v) is 2.70. The van der Waals surface area contributed by atoms with E-state index in [9.17, 15) is 0 Å². The Balaban J connectivity index is 2.07. The first kappa shape index (κ1) is 11.0. The van der Waals surface area contributed by atoms with Crippen molar-refractivity contribution < 1.29 is 0 Å². The third-order valence-electron chi connectivity index (χ3n) is 2.70. The second-order valence-corrected chi connectivity index (χ2v) is 3.99. The Hall–Kier alpha value is -1.47. The smallest absolute Gasteiger partial charge is 0.225 e. The molecule has 1 aromatic rings. The molecular formula is C9H17N7. The Labute approximate surface area is 94.3 Å². The van der Waals surface area contributed by atoms with Crippen LogP contribution in [0.5, 0.6) is 0 Å². The summed E-state index contributed by atoms with van der Waals surface area (Å²) in [4.78, 5) is 14.2. The van der Waals surface area contributed by atoms with Crippen LogP contribution in [0.3, 0.4) is 0 Å². The van der Waals surface area contributed by atoms with Gasteiger partial charge in [0.1, 0.15) is 5.82 Å². The molecule has 16 heavy (non-hydrogen) atoms. The van der Waals surface area contributed by atoms with Crippen molar-refractivity contribution in [2.75, 3.05) is 31.1 Å². The van der Waals surface area contributed by atoms with E-state index in [1.165, 1.54) is 0 Å². The van der Waals surface area contributed by atoms with Gasteiger partial charge in [0.25, 0.3) is 0 Å². The van der Waals surface area contributed by atoms with Crippen molar-refractivity contribution in [3.63, 3.8) is 0 Å². The van der Waals surface area contributed by atoms with Gasteiger partial charge in [-0.05, 0) is 6.92 Å². The first-order chi connectivity index (χ1) is 7.65. The minimum absolute atomic E-state index is 0.185. The summed E-state index contributed by atoms with van der Waals surface area (Å²) >= 11 is 0. The fourth-order valence-electron chi connectivity index (χ4n) is 1.83. The van der Waals surface area contributed by atoms with Crippen LogP contribution in [0.1, 0.15) is 12.7 Å². The van der Waals surface area contributed by atoms with Crippen molar-refractivity contribution in [1.82, 2.24) is 25.2 Å². The minimum atomic E-state index is 0.185. The Bertz CT molecular complexity index is 347. The molecule has 1 unspecified atom stereocenters. The molecule has 88 valence electrons. The SMILES string of the molecule is CC1CNCCN1Cc1nc(N)nc(N)n1. The minimum Gasteiger partial charge on any atom is -0.368 e. The summed E-state index contributed by atoms with van der Waals surface area (Å²) in [5.74, 6) is 1.01. The molecule has 7 heteroatoms. The van der Waals surface area contributed by atoms with Gasteiger partial charge in [0, 0.05) is 25.7 Å². The number of nitrogens with zero attached hydrogens (tertiary/aromatic N) is 4. The maximum Gasteiger partial charge on any atom is 0.225 e. The van der Waals surface area contributed by atoms with Crippen LogP contribution in [-0.2, 0) is 6.54 Å². The molecule has 0 aliphatic carbocycles. The lowest BCUT2D eigenvalue weighted by Crippen LogP contribution is -2.49. The van der Waals surface area contributed by atoms with Gasteiger partial charge in [-0.15, -0.1) is 0 Å². The van der Waals surface area contributed by atoms with Crippen molar-refractivity contribution in [2.45, 2.75) is 19.5 Å². The molecule has 1 fully saturated rings. The number of rotatable bonds is 2. The van der Waals surface area contributed by atoms with Gasteiger partial charge in [-0.3, -0.25) is 4.90 Å². The van der Waals surface area contributed by atoms with E-state index in [-0.39, 0.29) is 11.9 Å². The second kappa shape index (κ2) is 4.58. The molecule has 1 aliphatic heterocycles. The lowest BCUT2D eigenvalue weighted by molar-refractivity contribution is 0.161. The lowest BCUT2D eigenvalue weighted by atomic mass is 10.2. The summed E-state index contributed by atoms with van der Waals surface area (Å²) < 4.78 is 0. The van der Waals surface area contributed by atoms with Gasteiger partial charge in [0.15, 0.2) is 0 Å². The van der Waals surface area contributed by atoms with Gasteiger partial charge in [0.05, 0.1) is 6.54 Å². The van der Waals surface area contributed by atoms with Gasteiger partial charge in [-0.2, -0.15) is 15.0 Å². The number of nitrogens with one attached hydrogen (secondary N) is 1.